The predicted octanol–water partition coefficient (Wildman–Crippen LogP) is 4.21. The summed E-state index contributed by atoms with van der Waals surface area (Å²) in [6.07, 6.45) is 5.51. The Morgan fingerprint density at radius 2 is 1.66 bits per heavy atom. The van der Waals surface area contributed by atoms with E-state index in [9.17, 15) is 9.59 Å². The molecule has 2 N–H and O–H groups in total. The SMILES string of the molecule is Cc1cccc(C(=O)NCC(c2ccccc2)N2CCCC2)c1NC(=O)c1ccncc1. The topological polar surface area (TPSA) is 74.3 Å². The van der Waals surface area contributed by atoms with E-state index in [2.05, 4.69) is 32.7 Å². The Balaban J connectivity index is 1.51. The molecule has 4 rings (SSSR count). The van der Waals surface area contributed by atoms with Gasteiger partial charge >= 0.3 is 0 Å². The Kier molecular flexibility index (Phi) is 6.92. The lowest BCUT2D eigenvalue weighted by Crippen LogP contribution is -2.37. The molecule has 2 aromatic carbocycles. The van der Waals surface area contributed by atoms with Crippen LogP contribution in [0.2, 0.25) is 0 Å². The van der Waals surface area contributed by atoms with Crippen LogP contribution < -0.4 is 10.6 Å². The highest BCUT2D eigenvalue weighted by molar-refractivity contribution is 6.09. The van der Waals surface area contributed by atoms with Crippen LogP contribution in [0.25, 0.3) is 0 Å². The fourth-order valence-corrected chi connectivity index (χ4v) is 4.18. The molecule has 164 valence electrons. The van der Waals surface area contributed by atoms with Crippen molar-refractivity contribution in [1.82, 2.24) is 15.2 Å². The second-order valence-electron chi connectivity index (χ2n) is 8.07. The zero-order valence-electron chi connectivity index (χ0n) is 18.3. The van der Waals surface area contributed by atoms with Crippen LogP contribution in [0.15, 0.2) is 73.1 Å². The maximum Gasteiger partial charge on any atom is 0.255 e. The Labute approximate surface area is 188 Å². The zero-order chi connectivity index (χ0) is 22.3. The summed E-state index contributed by atoms with van der Waals surface area (Å²) in [6, 6.07) is 19.2. The molecule has 2 heterocycles. The molecule has 3 aromatic rings. The van der Waals surface area contributed by atoms with Gasteiger partial charge in [0.15, 0.2) is 0 Å². The minimum atomic E-state index is -0.269. The van der Waals surface area contributed by atoms with Crippen LogP contribution >= 0.6 is 0 Å². The highest BCUT2D eigenvalue weighted by Gasteiger charge is 2.24. The second-order valence-corrected chi connectivity index (χ2v) is 8.07. The minimum absolute atomic E-state index is 0.127. The summed E-state index contributed by atoms with van der Waals surface area (Å²) < 4.78 is 0. The number of carbonyl (C=O) groups excluding carboxylic acids is 2. The van der Waals surface area contributed by atoms with E-state index in [0.29, 0.717) is 23.4 Å². The van der Waals surface area contributed by atoms with Crippen molar-refractivity contribution in [3.8, 4) is 0 Å². The lowest BCUT2D eigenvalue weighted by Gasteiger charge is -2.28. The molecule has 1 fully saturated rings. The summed E-state index contributed by atoms with van der Waals surface area (Å²) in [5.41, 5.74) is 3.52. The van der Waals surface area contributed by atoms with Gasteiger partial charge in [0, 0.05) is 24.5 Å². The summed E-state index contributed by atoms with van der Waals surface area (Å²) in [7, 11) is 0. The molecule has 1 aliphatic rings. The molecule has 1 atom stereocenters. The number of nitrogens with one attached hydrogen (secondary N) is 2. The van der Waals surface area contributed by atoms with Crippen molar-refractivity contribution in [3.63, 3.8) is 0 Å². The molecule has 0 saturated carbocycles. The normalized spacial score (nSPS) is 14.7. The molecular formula is C26H28N4O2. The van der Waals surface area contributed by atoms with Crippen molar-refractivity contribution in [2.45, 2.75) is 25.8 Å². The van der Waals surface area contributed by atoms with Crippen LogP contribution in [0.1, 0.15) is 50.7 Å². The third-order valence-electron chi connectivity index (χ3n) is 5.92. The molecule has 6 nitrogen and oxygen atoms in total. The van der Waals surface area contributed by atoms with Crippen LogP contribution in [-0.4, -0.2) is 41.3 Å². The van der Waals surface area contributed by atoms with Gasteiger partial charge in [-0.25, -0.2) is 0 Å². The smallest absolute Gasteiger partial charge is 0.255 e. The third-order valence-corrected chi connectivity index (χ3v) is 5.92. The monoisotopic (exact) mass is 428 g/mol. The van der Waals surface area contributed by atoms with Crippen LogP contribution in [0, 0.1) is 6.92 Å². The standard InChI is InChI=1S/C26H28N4O2/c1-19-8-7-11-22(24(19)29-25(31)21-12-14-27-15-13-21)26(32)28-18-23(30-16-5-6-17-30)20-9-3-2-4-10-20/h2-4,7-15,23H,5-6,16-18H2,1H3,(H,28,32)(H,29,31). The highest BCUT2D eigenvalue weighted by atomic mass is 16.2. The molecule has 0 spiro atoms. The molecule has 32 heavy (non-hydrogen) atoms. The van der Waals surface area contributed by atoms with Crippen LogP contribution in [-0.2, 0) is 0 Å². The van der Waals surface area contributed by atoms with E-state index in [1.807, 2.05) is 37.3 Å². The van der Waals surface area contributed by atoms with Crippen LogP contribution in [0.3, 0.4) is 0 Å². The molecule has 6 heteroatoms. The van der Waals surface area contributed by atoms with Gasteiger partial charge in [-0.15, -0.1) is 0 Å². The molecule has 1 saturated heterocycles. The molecule has 0 radical (unpaired) electrons. The molecule has 0 bridgehead atoms. The van der Waals surface area contributed by atoms with Crippen molar-refractivity contribution in [2.75, 3.05) is 25.0 Å². The Bertz CT molecular complexity index is 1060. The van der Waals surface area contributed by atoms with E-state index in [1.54, 1.807) is 30.6 Å². The maximum atomic E-state index is 13.2. The molecule has 1 aliphatic heterocycles. The Morgan fingerprint density at radius 1 is 0.938 bits per heavy atom. The van der Waals surface area contributed by atoms with Gasteiger partial charge < -0.3 is 10.6 Å². The molecule has 1 unspecified atom stereocenters. The number of benzene rings is 2. The van der Waals surface area contributed by atoms with E-state index in [-0.39, 0.29) is 17.9 Å². The van der Waals surface area contributed by atoms with Gasteiger partial charge in [0.05, 0.1) is 17.3 Å². The number of hydrogen-bond acceptors (Lipinski definition) is 4. The zero-order valence-corrected chi connectivity index (χ0v) is 18.3. The van der Waals surface area contributed by atoms with Crippen molar-refractivity contribution in [2.24, 2.45) is 0 Å². The number of amides is 2. The van der Waals surface area contributed by atoms with Gasteiger partial charge in [0.25, 0.3) is 11.8 Å². The number of aryl methyl sites for hydroxylation is 1. The van der Waals surface area contributed by atoms with Gasteiger partial charge in [-0.3, -0.25) is 19.5 Å². The largest absolute Gasteiger partial charge is 0.350 e. The first-order valence-corrected chi connectivity index (χ1v) is 11.0. The first kappa shape index (κ1) is 21.7. The maximum absolute atomic E-state index is 13.2. The summed E-state index contributed by atoms with van der Waals surface area (Å²) >= 11 is 0. The summed E-state index contributed by atoms with van der Waals surface area (Å²) in [5.74, 6) is -0.464. The van der Waals surface area contributed by atoms with Crippen LogP contribution in [0.5, 0.6) is 0 Å². The van der Waals surface area contributed by atoms with Gasteiger partial charge in [-0.1, -0.05) is 42.5 Å². The predicted molar refractivity (Wildman–Crippen MR) is 126 cm³/mol. The average molecular weight is 429 g/mol. The van der Waals surface area contributed by atoms with E-state index in [0.717, 1.165) is 18.7 Å². The molecule has 1 aromatic heterocycles. The fourth-order valence-electron chi connectivity index (χ4n) is 4.18. The number of para-hydroxylation sites is 1. The highest BCUT2D eigenvalue weighted by Crippen LogP contribution is 2.25. The number of hydrogen-bond donors (Lipinski definition) is 2. The lowest BCUT2D eigenvalue weighted by molar-refractivity contribution is 0.0938. The first-order valence-electron chi connectivity index (χ1n) is 11.0. The number of nitrogens with zero attached hydrogens (tertiary/aromatic N) is 2. The Morgan fingerprint density at radius 3 is 2.38 bits per heavy atom. The lowest BCUT2D eigenvalue weighted by atomic mass is 10.0. The molecular weight excluding hydrogens is 400 g/mol. The molecule has 0 aliphatic carbocycles. The van der Waals surface area contributed by atoms with E-state index >= 15 is 0 Å². The summed E-state index contributed by atoms with van der Waals surface area (Å²) in [5, 5.41) is 6.03. The van der Waals surface area contributed by atoms with Crippen molar-refractivity contribution < 1.29 is 9.59 Å². The van der Waals surface area contributed by atoms with Crippen molar-refractivity contribution in [1.29, 1.82) is 0 Å². The number of anilines is 1. The average Bonchev–Trinajstić information content (AvgIpc) is 3.36. The van der Waals surface area contributed by atoms with Gasteiger partial charge in [-0.2, -0.15) is 0 Å². The number of carbonyl (C=O) groups is 2. The Hall–Kier alpha value is -3.51. The third kappa shape index (κ3) is 5.03. The van der Waals surface area contributed by atoms with Crippen molar-refractivity contribution >= 4 is 17.5 Å². The fraction of sp³-hybridized carbons (Fsp3) is 0.269. The van der Waals surface area contributed by atoms with E-state index < -0.39 is 0 Å². The summed E-state index contributed by atoms with van der Waals surface area (Å²) in [4.78, 5) is 32.3. The number of likely N-dealkylation sites (tertiary alicyclic amines) is 1. The van der Waals surface area contributed by atoms with Crippen LogP contribution in [0.4, 0.5) is 5.69 Å². The number of aromatic nitrogens is 1. The van der Waals surface area contributed by atoms with Gasteiger partial charge in [0.1, 0.15) is 0 Å². The second kappa shape index (κ2) is 10.2. The molecule has 2 amide bonds. The van der Waals surface area contributed by atoms with Gasteiger partial charge in [-0.05, 0) is 62.2 Å². The number of pyridine rings is 1. The first-order chi connectivity index (χ1) is 15.6. The minimum Gasteiger partial charge on any atom is -0.350 e. The van der Waals surface area contributed by atoms with E-state index in [4.69, 9.17) is 0 Å². The summed E-state index contributed by atoms with van der Waals surface area (Å²) in [6.45, 7) is 4.46. The van der Waals surface area contributed by atoms with Gasteiger partial charge in [0.2, 0.25) is 0 Å². The number of rotatable bonds is 7. The van der Waals surface area contributed by atoms with E-state index in [1.165, 1.54) is 18.4 Å². The quantitative estimate of drug-likeness (QED) is 0.591. The van der Waals surface area contributed by atoms with Crippen molar-refractivity contribution in [3.05, 3.63) is 95.3 Å².